The topological polar surface area (TPSA) is 74.4 Å². The number of carbonyl (C=O) groups excluding carboxylic acids is 1. The number of rotatable bonds is 4. The first-order valence-corrected chi connectivity index (χ1v) is 13.8. The molecule has 4 aliphatic heterocycles. The van der Waals surface area contributed by atoms with Crippen LogP contribution in [0.5, 0.6) is 0 Å². The van der Waals surface area contributed by atoms with Gasteiger partial charge in [-0.1, -0.05) is 19.1 Å². The lowest BCUT2D eigenvalue weighted by Gasteiger charge is -2.61. The van der Waals surface area contributed by atoms with E-state index in [2.05, 4.69) is 75.4 Å². The smallest absolute Gasteiger partial charge is 0.320 e. The Morgan fingerprint density at radius 3 is 2.39 bits per heavy atom. The lowest BCUT2D eigenvalue weighted by molar-refractivity contribution is -0.0177. The van der Waals surface area contributed by atoms with Crippen LogP contribution in [0.3, 0.4) is 0 Å². The number of benzene rings is 1. The third-order valence-electron chi connectivity index (χ3n) is 8.90. The number of likely N-dealkylation sites (tertiary alicyclic amines) is 2. The number of piperazine rings is 1. The van der Waals surface area contributed by atoms with Crippen molar-refractivity contribution in [3.05, 3.63) is 48.8 Å². The van der Waals surface area contributed by atoms with Gasteiger partial charge in [-0.3, -0.25) is 0 Å². The van der Waals surface area contributed by atoms with Crippen molar-refractivity contribution in [2.24, 2.45) is 11.3 Å². The molecule has 4 fully saturated rings. The van der Waals surface area contributed by atoms with E-state index in [0.29, 0.717) is 31.6 Å². The molecule has 0 unspecified atom stereocenters. The van der Waals surface area contributed by atoms with Gasteiger partial charge < -0.3 is 24.5 Å². The molecule has 4 aliphatic rings. The van der Waals surface area contributed by atoms with E-state index in [9.17, 15) is 4.79 Å². The minimum Gasteiger partial charge on any atom is -0.370 e. The summed E-state index contributed by atoms with van der Waals surface area (Å²) in [5.74, 6) is -0.00712. The zero-order valence-electron chi connectivity index (χ0n) is 22.0. The number of fused-ring (bicyclic) bond motifs is 1. The second-order valence-corrected chi connectivity index (χ2v) is 11.5. The van der Waals surface area contributed by atoms with E-state index in [4.69, 9.17) is 5.26 Å². The summed E-state index contributed by atoms with van der Waals surface area (Å²) in [4.78, 5) is 23.8. The van der Waals surface area contributed by atoms with Crippen molar-refractivity contribution < 1.29 is 4.79 Å². The fourth-order valence-electron chi connectivity index (χ4n) is 6.62. The van der Waals surface area contributed by atoms with Gasteiger partial charge in [0.2, 0.25) is 0 Å². The summed E-state index contributed by atoms with van der Waals surface area (Å²) in [7, 11) is 0. The van der Waals surface area contributed by atoms with Crippen molar-refractivity contribution in [3.8, 4) is 17.2 Å². The van der Waals surface area contributed by atoms with Gasteiger partial charge in [-0.2, -0.15) is 10.4 Å². The molecule has 0 saturated carbocycles. The molecule has 0 aliphatic carbocycles. The average Bonchev–Trinajstić information content (AvgIpc) is 3.32. The van der Waals surface area contributed by atoms with Gasteiger partial charge in [0.15, 0.2) is 0 Å². The molecule has 0 atom stereocenters. The van der Waals surface area contributed by atoms with Crippen molar-refractivity contribution in [2.45, 2.75) is 6.92 Å². The highest BCUT2D eigenvalue weighted by molar-refractivity contribution is 5.81. The molecule has 2 amide bonds. The maximum absolute atomic E-state index is 12.7. The van der Waals surface area contributed by atoms with Gasteiger partial charge in [-0.05, 0) is 36.4 Å². The number of amides is 2. The predicted molar refractivity (Wildman–Crippen MR) is 147 cm³/mol. The molecule has 0 N–H and O–H groups in total. The molecule has 9 heteroatoms. The van der Waals surface area contributed by atoms with Crippen LogP contribution in [-0.2, 0) is 0 Å². The lowest BCUT2D eigenvalue weighted by Crippen LogP contribution is -2.72. The molecule has 0 bridgehead atoms. The summed E-state index contributed by atoms with van der Waals surface area (Å²) in [5, 5.41) is 13.6. The van der Waals surface area contributed by atoms with E-state index in [1.54, 1.807) is 4.90 Å². The van der Waals surface area contributed by atoms with Crippen LogP contribution in [0.4, 0.5) is 16.2 Å². The molecule has 3 aromatic rings. The van der Waals surface area contributed by atoms with Crippen LogP contribution in [0.25, 0.3) is 16.6 Å². The first-order chi connectivity index (χ1) is 18.5. The van der Waals surface area contributed by atoms with E-state index in [0.717, 1.165) is 36.4 Å². The summed E-state index contributed by atoms with van der Waals surface area (Å²) < 4.78 is 1.97. The quantitative estimate of drug-likeness (QED) is 0.538. The molecule has 196 valence electrons. The predicted octanol–water partition coefficient (Wildman–Crippen LogP) is 2.84. The molecule has 4 saturated heterocycles. The SMILES string of the molecule is CCN1CC2(C1)CN(c1ccc(-c3cc4c(N5CCN(C(=O)N6CC(C#N)C6)CC5)ccnn4c3)cc1)C2. The highest BCUT2D eigenvalue weighted by atomic mass is 16.2. The Kier molecular flexibility index (Phi) is 5.48. The fourth-order valence-corrected chi connectivity index (χ4v) is 6.62. The maximum Gasteiger partial charge on any atom is 0.320 e. The molecule has 1 aromatic carbocycles. The number of nitriles is 1. The Morgan fingerprint density at radius 2 is 1.71 bits per heavy atom. The van der Waals surface area contributed by atoms with Crippen molar-refractivity contribution in [1.82, 2.24) is 24.3 Å². The van der Waals surface area contributed by atoms with Crippen LogP contribution in [0.2, 0.25) is 0 Å². The molecule has 6 heterocycles. The Bertz CT molecular complexity index is 1380. The third-order valence-corrected chi connectivity index (χ3v) is 8.90. The Labute approximate surface area is 223 Å². The molecule has 1 spiro atoms. The molecule has 9 nitrogen and oxygen atoms in total. The zero-order valence-corrected chi connectivity index (χ0v) is 22.0. The molecular weight excluding hydrogens is 476 g/mol. The van der Waals surface area contributed by atoms with Crippen LogP contribution in [0.1, 0.15) is 6.92 Å². The number of urea groups is 1. The number of carbonyl (C=O) groups is 1. The summed E-state index contributed by atoms with van der Waals surface area (Å²) in [6, 6.07) is 15.6. The van der Waals surface area contributed by atoms with Crippen LogP contribution in [0, 0.1) is 22.7 Å². The van der Waals surface area contributed by atoms with Gasteiger partial charge in [0.25, 0.3) is 0 Å². The minimum absolute atomic E-state index is 0.00712. The Hall–Kier alpha value is -3.77. The summed E-state index contributed by atoms with van der Waals surface area (Å²) >= 11 is 0. The third kappa shape index (κ3) is 3.86. The van der Waals surface area contributed by atoms with Crippen LogP contribution in [-0.4, -0.2) is 102 Å². The molecule has 0 radical (unpaired) electrons. The van der Waals surface area contributed by atoms with Gasteiger partial charge in [-0.25, -0.2) is 9.31 Å². The zero-order chi connectivity index (χ0) is 25.9. The van der Waals surface area contributed by atoms with Crippen LogP contribution >= 0.6 is 0 Å². The number of aromatic nitrogens is 2. The second kappa shape index (κ2) is 8.91. The van der Waals surface area contributed by atoms with Crippen molar-refractivity contribution in [2.75, 3.05) is 81.8 Å². The van der Waals surface area contributed by atoms with Gasteiger partial charge >= 0.3 is 6.03 Å². The fraction of sp³-hybridized carbons (Fsp3) is 0.483. The first-order valence-electron chi connectivity index (χ1n) is 13.8. The number of hydrogen-bond donors (Lipinski definition) is 0. The van der Waals surface area contributed by atoms with Gasteiger partial charge in [-0.15, -0.1) is 0 Å². The largest absolute Gasteiger partial charge is 0.370 e. The summed E-state index contributed by atoms with van der Waals surface area (Å²) in [6.45, 7) is 12.3. The minimum atomic E-state index is -0.00712. The highest BCUT2D eigenvalue weighted by Crippen LogP contribution is 2.42. The molecular formula is C29H34N8O. The highest BCUT2D eigenvalue weighted by Gasteiger charge is 2.51. The van der Waals surface area contributed by atoms with Gasteiger partial charge in [0.1, 0.15) is 0 Å². The van der Waals surface area contributed by atoms with E-state index in [1.165, 1.54) is 37.4 Å². The summed E-state index contributed by atoms with van der Waals surface area (Å²) in [6.07, 6.45) is 3.96. The lowest BCUT2D eigenvalue weighted by atomic mass is 9.72. The number of nitrogens with zero attached hydrogens (tertiary/aromatic N) is 8. The van der Waals surface area contributed by atoms with E-state index in [1.807, 2.05) is 15.6 Å². The van der Waals surface area contributed by atoms with Gasteiger partial charge in [0.05, 0.1) is 23.2 Å². The Morgan fingerprint density at radius 1 is 0.974 bits per heavy atom. The molecule has 38 heavy (non-hydrogen) atoms. The van der Waals surface area contributed by atoms with E-state index >= 15 is 0 Å². The van der Waals surface area contributed by atoms with Crippen LogP contribution < -0.4 is 9.80 Å². The molecule has 7 rings (SSSR count). The standard InChI is InChI=1S/C29H34N8O/c1-2-32-18-29(19-32)20-36(21-29)25-5-3-23(4-6-25)24-13-27-26(7-8-31-37(27)17-24)33-9-11-34(12-10-33)28(38)35-15-22(14-30)16-35/h3-8,13,17,22H,2,9-12,15-16,18-21H2,1H3. The normalized spacial score (nSPS) is 21.3. The summed E-state index contributed by atoms with van der Waals surface area (Å²) in [5.41, 5.74) is 6.43. The van der Waals surface area contributed by atoms with Crippen molar-refractivity contribution in [1.29, 1.82) is 5.26 Å². The molecule has 2 aromatic heterocycles. The monoisotopic (exact) mass is 510 g/mol. The second-order valence-electron chi connectivity index (χ2n) is 11.5. The van der Waals surface area contributed by atoms with Gasteiger partial charge in [0, 0.05) is 94.5 Å². The van der Waals surface area contributed by atoms with Crippen molar-refractivity contribution in [3.63, 3.8) is 0 Å². The Balaban J connectivity index is 1.01. The van der Waals surface area contributed by atoms with E-state index < -0.39 is 0 Å². The maximum atomic E-state index is 12.7. The number of hydrogen-bond acceptors (Lipinski definition) is 6. The van der Waals surface area contributed by atoms with Crippen molar-refractivity contribution >= 4 is 22.9 Å². The average molecular weight is 511 g/mol. The van der Waals surface area contributed by atoms with Crippen LogP contribution in [0.15, 0.2) is 48.8 Å². The van der Waals surface area contributed by atoms with E-state index in [-0.39, 0.29) is 11.9 Å². The number of anilines is 2. The first kappa shape index (κ1) is 23.4.